The predicted octanol–water partition coefficient (Wildman–Crippen LogP) is 2.01. The van der Waals surface area contributed by atoms with Crippen LogP contribution in [0.4, 0.5) is 0 Å². The van der Waals surface area contributed by atoms with Gasteiger partial charge < -0.3 is 4.74 Å². The summed E-state index contributed by atoms with van der Waals surface area (Å²) < 4.78 is 27.7. The fraction of sp³-hybridized carbons (Fsp3) is 0.333. The molecule has 0 saturated heterocycles. The summed E-state index contributed by atoms with van der Waals surface area (Å²) in [5.74, 6) is -0.977. The number of hydrogen-bond acceptors (Lipinski definition) is 5. The number of benzene rings is 1. The van der Waals surface area contributed by atoms with Gasteiger partial charge in [0.05, 0.1) is 11.0 Å². The van der Waals surface area contributed by atoms with Gasteiger partial charge in [0.25, 0.3) is 0 Å². The molecule has 5 nitrogen and oxygen atoms in total. The Labute approximate surface area is 124 Å². The normalized spacial score (nSPS) is 11.8. The van der Waals surface area contributed by atoms with Crippen LogP contribution in [0.25, 0.3) is 6.08 Å². The van der Waals surface area contributed by atoms with Crippen LogP contribution in [0.5, 0.6) is 0 Å². The molecule has 0 N–H and O–H groups in total. The zero-order valence-corrected chi connectivity index (χ0v) is 13.0. The van der Waals surface area contributed by atoms with Crippen molar-refractivity contribution in [2.24, 2.45) is 0 Å². The average molecular weight is 310 g/mol. The Morgan fingerprint density at radius 1 is 1.29 bits per heavy atom. The van der Waals surface area contributed by atoms with Gasteiger partial charge in [0.2, 0.25) is 0 Å². The smallest absolute Gasteiger partial charge is 0.313 e. The van der Waals surface area contributed by atoms with Crippen molar-refractivity contribution < 1.29 is 22.7 Å². The molecule has 114 valence electrons. The molecule has 0 aliphatic heterocycles. The molecule has 0 atom stereocenters. The van der Waals surface area contributed by atoms with Crippen molar-refractivity contribution in [1.29, 1.82) is 0 Å². The molecule has 1 aromatic rings. The Balaban J connectivity index is 2.73. The fourth-order valence-corrected chi connectivity index (χ4v) is 2.22. The van der Waals surface area contributed by atoms with Crippen molar-refractivity contribution in [3.8, 4) is 0 Å². The second kappa shape index (κ2) is 7.17. The minimum atomic E-state index is -3.29. The molecule has 0 aromatic heterocycles. The van der Waals surface area contributed by atoms with Crippen molar-refractivity contribution in [1.82, 2.24) is 0 Å². The average Bonchev–Trinajstić information content (AvgIpc) is 2.34. The van der Waals surface area contributed by atoms with E-state index in [1.165, 1.54) is 24.3 Å². The van der Waals surface area contributed by atoms with Crippen LogP contribution in [0, 0.1) is 0 Å². The van der Waals surface area contributed by atoms with Gasteiger partial charge in [-0.25, -0.2) is 8.42 Å². The van der Waals surface area contributed by atoms with Crippen molar-refractivity contribution in [2.75, 3.05) is 6.26 Å². The van der Waals surface area contributed by atoms with Crippen LogP contribution in [0.15, 0.2) is 35.2 Å². The summed E-state index contributed by atoms with van der Waals surface area (Å²) in [7, 11) is -3.29. The summed E-state index contributed by atoms with van der Waals surface area (Å²) >= 11 is 0. The second-order valence-corrected chi connectivity index (χ2v) is 6.88. The van der Waals surface area contributed by atoms with Gasteiger partial charge in [-0.1, -0.05) is 18.2 Å². The molecule has 0 radical (unpaired) electrons. The van der Waals surface area contributed by atoms with Crippen LogP contribution < -0.4 is 0 Å². The summed E-state index contributed by atoms with van der Waals surface area (Å²) in [5.41, 5.74) is 0.573. The minimum absolute atomic E-state index is 0.177. The van der Waals surface area contributed by atoms with Crippen LogP contribution in [0.2, 0.25) is 0 Å². The highest BCUT2D eigenvalue weighted by Gasteiger charge is 2.10. The zero-order chi connectivity index (χ0) is 16.0. The lowest BCUT2D eigenvalue weighted by molar-refractivity contribution is -0.148. The van der Waals surface area contributed by atoms with Crippen LogP contribution in [-0.2, 0) is 24.2 Å². The van der Waals surface area contributed by atoms with E-state index in [9.17, 15) is 18.0 Å². The quantitative estimate of drug-likeness (QED) is 0.456. The van der Waals surface area contributed by atoms with Crippen LogP contribution >= 0.6 is 0 Å². The number of sulfone groups is 1. The molecule has 0 aliphatic rings. The fourth-order valence-electron chi connectivity index (χ4n) is 1.54. The van der Waals surface area contributed by atoms with Crippen molar-refractivity contribution >= 4 is 27.7 Å². The Morgan fingerprint density at radius 3 is 2.52 bits per heavy atom. The number of ketones is 1. The topological polar surface area (TPSA) is 77.5 Å². The standard InChI is InChI=1S/C15H18O5S/c1-11(2)20-15(17)10-13(16)8-7-12-5-4-6-14(9-12)21(3,18)19/h4-9,11H,10H2,1-3H3. The predicted molar refractivity (Wildman–Crippen MR) is 79.4 cm³/mol. The lowest BCUT2D eigenvalue weighted by Crippen LogP contribution is -2.14. The molecular formula is C15H18O5S. The number of allylic oxidation sites excluding steroid dienone is 1. The third-order valence-electron chi connectivity index (χ3n) is 2.43. The molecule has 0 unspecified atom stereocenters. The number of rotatable bonds is 6. The molecule has 0 spiro atoms. The molecule has 21 heavy (non-hydrogen) atoms. The van der Waals surface area contributed by atoms with E-state index < -0.39 is 21.6 Å². The summed E-state index contributed by atoms with van der Waals surface area (Å²) in [4.78, 5) is 23.1. The van der Waals surface area contributed by atoms with Gasteiger partial charge in [0, 0.05) is 6.26 Å². The van der Waals surface area contributed by atoms with Gasteiger partial charge in [-0.15, -0.1) is 0 Å². The molecule has 0 bridgehead atoms. The summed E-state index contributed by atoms with van der Waals surface area (Å²) in [6.07, 6.45) is 3.23. The van der Waals surface area contributed by atoms with Gasteiger partial charge in [0.1, 0.15) is 6.42 Å². The molecule has 0 amide bonds. The highest BCUT2D eigenvalue weighted by atomic mass is 32.2. The van der Waals surface area contributed by atoms with Crippen LogP contribution in [-0.4, -0.2) is 32.5 Å². The number of ether oxygens (including phenoxy) is 1. The Morgan fingerprint density at radius 2 is 1.95 bits per heavy atom. The van der Waals surface area contributed by atoms with Gasteiger partial charge in [0.15, 0.2) is 15.6 Å². The number of esters is 1. The van der Waals surface area contributed by atoms with Gasteiger partial charge in [-0.3, -0.25) is 9.59 Å². The first-order valence-corrected chi connectivity index (χ1v) is 8.28. The maximum Gasteiger partial charge on any atom is 0.313 e. The minimum Gasteiger partial charge on any atom is -0.463 e. The van der Waals surface area contributed by atoms with Gasteiger partial charge in [-0.05, 0) is 37.6 Å². The molecule has 1 aromatic carbocycles. The first-order valence-electron chi connectivity index (χ1n) is 6.39. The van der Waals surface area contributed by atoms with Crippen molar-refractivity contribution in [3.63, 3.8) is 0 Å². The molecule has 0 fully saturated rings. The third-order valence-corrected chi connectivity index (χ3v) is 3.54. The first-order chi connectivity index (χ1) is 9.68. The van der Waals surface area contributed by atoms with Gasteiger partial charge >= 0.3 is 5.97 Å². The van der Waals surface area contributed by atoms with Crippen molar-refractivity contribution in [2.45, 2.75) is 31.3 Å². The molecule has 0 heterocycles. The second-order valence-electron chi connectivity index (χ2n) is 4.86. The van der Waals surface area contributed by atoms with E-state index in [2.05, 4.69) is 0 Å². The number of hydrogen-bond donors (Lipinski definition) is 0. The number of carbonyl (C=O) groups excluding carboxylic acids is 2. The lowest BCUT2D eigenvalue weighted by Gasteiger charge is -2.05. The Kier molecular flexibility index (Phi) is 5.84. The highest BCUT2D eigenvalue weighted by Crippen LogP contribution is 2.12. The first kappa shape index (κ1) is 17.1. The SMILES string of the molecule is CC(C)OC(=O)CC(=O)C=Cc1cccc(S(C)(=O)=O)c1. The van der Waals surface area contributed by atoms with Crippen LogP contribution in [0.1, 0.15) is 25.8 Å². The largest absolute Gasteiger partial charge is 0.463 e. The Hall–Kier alpha value is -1.95. The maximum atomic E-state index is 11.6. The molecular weight excluding hydrogens is 292 g/mol. The highest BCUT2D eigenvalue weighted by molar-refractivity contribution is 7.90. The summed E-state index contributed by atoms with van der Waals surface area (Å²) in [6.45, 7) is 3.41. The maximum absolute atomic E-state index is 11.6. The third kappa shape index (κ3) is 6.35. The van der Waals surface area contributed by atoms with Crippen molar-refractivity contribution in [3.05, 3.63) is 35.9 Å². The van der Waals surface area contributed by atoms with E-state index in [-0.39, 0.29) is 17.4 Å². The molecule has 1 rings (SSSR count). The van der Waals surface area contributed by atoms with Gasteiger partial charge in [-0.2, -0.15) is 0 Å². The molecule has 0 aliphatic carbocycles. The van der Waals surface area contributed by atoms with E-state index >= 15 is 0 Å². The molecule has 0 saturated carbocycles. The summed E-state index contributed by atoms with van der Waals surface area (Å²) in [6, 6.07) is 6.21. The molecule has 6 heteroatoms. The number of carbonyl (C=O) groups is 2. The van der Waals surface area contributed by atoms with E-state index in [0.29, 0.717) is 5.56 Å². The lowest BCUT2D eigenvalue weighted by atomic mass is 10.2. The van der Waals surface area contributed by atoms with E-state index in [0.717, 1.165) is 6.26 Å². The Bertz CT molecular complexity index is 656. The van der Waals surface area contributed by atoms with E-state index in [1.54, 1.807) is 26.0 Å². The van der Waals surface area contributed by atoms with E-state index in [4.69, 9.17) is 4.74 Å². The van der Waals surface area contributed by atoms with E-state index in [1.807, 2.05) is 0 Å². The van der Waals surface area contributed by atoms with Crippen LogP contribution in [0.3, 0.4) is 0 Å². The summed E-state index contributed by atoms with van der Waals surface area (Å²) in [5, 5.41) is 0. The zero-order valence-electron chi connectivity index (χ0n) is 12.2. The monoisotopic (exact) mass is 310 g/mol.